The monoisotopic (exact) mass is 446 g/mol. The van der Waals surface area contributed by atoms with Crippen LogP contribution in [0.2, 0.25) is 0 Å². The van der Waals surface area contributed by atoms with Crippen molar-refractivity contribution in [3.63, 3.8) is 0 Å². The van der Waals surface area contributed by atoms with E-state index >= 15 is 0 Å². The lowest BCUT2D eigenvalue weighted by atomic mass is 10.2. The average molecular weight is 446 g/mol. The molecule has 1 amide bonds. The number of aryl methyl sites for hydroxylation is 1. The maximum atomic E-state index is 14.2. The first kappa shape index (κ1) is 22.2. The van der Waals surface area contributed by atoms with E-state index in [4.69, 9.17) is 0 Å². The SMILES string of the molecule is CC(=O)c1ccc(S(=O)(=O)N(C)CC(=O)Nc2cc(-n3nnnc3C)ccc2F)cc1. The van der Waals surface area contributed by atoms with Crippen LogP contribution in [0.1, 0.15) is 23.1 Å². The fraction of sp³-hybridized carbons (Fsp3) is 0.211. The molecule has 0 bridgehead atoms. The molecule has 31 heavy (non-hydrogen) atoms. The number of hydrogen-bond donors (Lipinski definition) is 1. The lowest BCUT2D eigenvalue weighted by Gasteiger charge is -2.17. The van der Waals surface area contributed by atoms with E-state index in [0.717, 1.165) is 10.4 Å². The van der Waals surface area contributed by atoms with Gasteiger partial charge in [0.15, 0.2) is 11.6 Å². The zero-order valence-corrected chi connectivity index (χ0v) is 17.7. The standard InChI is InChI=1S/C19H19FN6O4S/c1-12(27)14-4-7-16(8-5-14)31(29,30)25(3)11-19(28)21-18-10-15(6-9-17(18)20)26-13(2)22-23-24-26/h4-10H,11H2,1-3H3,(H,21,28). The van der Waals surface area contributed by atoms with E-state index in [1.165, 1.54) is 55.1 Å². The third-order valence-corrected chi connectivity index (χ3v) is 6.25. The number of Topliss-reactive ketones (excluding diaryl/α,β-unsaturated/α-hetero) is 1. The molecule has 0 saturated heterocycles. The molecule has 0 radical (unpaired) electrons. The molecule has 0 unspecified atom stereocenters. The first-order valence-corrected chi connectivity index (χ1v) is 10.5. The lowest BCUT2D eigenvalue weighted by molar-refractivity contribution is -0.116. The summed E-state index contributed by atoms with van der Waals surface area (Å²) in [6, 6.07) is 9.29. The highest BCUT2D eigenvalue weighted by atomic mass is 32.2. The van der Waals surface area contributed by atoms with Crippen molar-refractivity contribution in [1.82, 2.24) is 24.5 Å². The summed E-state index contributed by atoms with van der Waals surface area (Å²) >= 11 is 0. The number of nitrogens with zero attached hydrogens (tertiary/aromatic N) is 5. The Hall–Kier alpha value is -3.51. The first-order valence-electron chi connectivity index (χ1n) is 9.01. The van der Waals surface area contributed by atoms with Crippen LogP contribution in [0.3, 0.4) is 0 Å². The van der Waals surface area contributed by atoms with Crippen molar-refractivity contribution >= 4 is 27.4 Å². The number of aromatic nitrogens is 4. The number of anilines is 1. The molecule has 1 aromatic heterocycles. The molecule has 1 heterocycles. The smallest absolute Gasteiger partial charge is 0.243 e. The summed E-state index contributed by atoms with van der Waals surface area (Å²) in [5.41, 5.74) is 0.646. The van der Waals surface area contributed by atoms with Crippen molar-refractivity contribution in [2.24, 2.45) is 0 Å². The highest BCUT2D eigenvalue weighted by Gasteiger charge is 2.23. The Labute approximate surface area is 177 Å². The quantitative estimate of drug-likeness (QED) is 0.546. The molecular weight excluding hydrogens is 427 g/mol. The molecular formula is C19H19FN6O4S. The molecule has 0 spiro atoms. The van der Waals surface area contributed by atoms with Crippen LogP contribution in [-0.4, -0.2) is 58.2 Å². The second kappa shape index (κ2) is 8.70. The van der Waals surface area contributed by atoms with Crippen molar-refractivity contribution in [3.05, 3.63) is 59.7 Å². The molecule has 0 aliphatic carbocycles. The third kappa shape index (κ3) is 4.81. The van der Waals surface area contributed by atoms with Gasteiger partial charge in [-0.05, 0) is 54.6 Å². The molecule has 2 aromatic carbocycles. The second-order valence-corrected chi connectivity index (χ2v) is 8.74. The summed E-state index contributed by atoms with van der Waals surface area (Å²) in [6.07, 6.45) is 0. The van der Waals surface area contributed by atoms with Gasteiger partial charge in [0.2, 0.25) is 15.9 Å². The van der Waals surface area contributed by atoms with Crippen LogP contribution in [0.25, 0.3) is 5.69 Å². The Kier molecular flexibility index (Phi) is 6.22. The second-order valence-electron chi connectivity index (χ2n) is 6.69. The van der Waals surface area contributed by atoms with Crippen LogP contribution in [0.5, 0.6) is 0 Å². The molecule has 12 heteroatoms. The van der Waals surface area contributed by atoms with E-state index < -0.39 is 28.3 Å². The van der Waals surface area contributed by atoms with Gasteiger partial charge < -0.3 is 5.32 Å². The fourth-order valence-corrected chi connectivity index (χ4v) is 3.86. The Bertz CT molecular complexity index is 1240. The van der Waals surface area contributed by atoms with Gasteiger partial charge in [0, 0.05) is 12.6 Å². The van der Waals surface area contributed by atoms with Crippen molar-refractivity contribution in [3.8, 4) is 5.69 Å². The number of carbonyl (C=O) groups is 2. The van der Waals surface area contributed by atoms with Gasteiger partial charge in [0.1, 0.15) is 5.82 Å². The predicted molar refractivity (Wildman–Crippen MR) is 109 cm³/mol. The van der Waals surface area contributed by atoms with Gasteiger partial charge >= 0.3 is 0 Å². The van der Waals surface area contributed by atoms with Crippen LogP contribution in [0, 0.1) is 12.7 Å². The summed E-state index contributed by atoms with van der Waals surface area (Å²) in [5, 5.41) is 13.4. The third-order valence-electron chi connectivity index (χ3n) is 4.43. The van der Waals surface area contributed by atoms with Crippen LogP contribution in [-0.2, 0) is 14.8 Å². The number of hydrogen-bond acceptors (Lipinski definition) is 7. The summed E-state index contributed by atoms with van der Waals surface area (Å²) in [6.45, 7) is 2.48. The maximum Gasteiger partial charge on any atom is 0.243 e. The molecule has 0 aliphatic rings. The number of benzene rings is 2. The normalized spacial score (nSPS) is 11.5. The van der Waals surface area contributed by atoms with Gasteiger partial charge in [0.05, 0.1) is 22.8 Å². The van der Waals surface area contributed by atoms with Crippen molar-refractivity contribution in [2.75, 3.05) is 18.9 Å². The van der Waals surface area contributed by atoms with E-state index in [-0.39, 0.29) is 16.4 Å². The first-order chi connectivity index (χ1) is 14.6. The number of rotatable bonds is 7. The van der Waals surface area contributed by atoms with E-state index in [2.05, 4.69) is 20.8 Å². The molecule has 0 aliphatic heterocycles. The van der Waals surface area contributed by atoms with Crippen LogP contribution in [0.15, 0.2) is 47.4 Å². The van der Waals surface area contributed by atoms with Crippen LogP contribution < -0.4 is 5.32 Å². The number of halogens is 1. The molecule has 10 nitrogen and oxygen atoms in total. The number of amides is 1. The van der Waals surface area contributed by atoms with Crippen LogP contribution >= 0.6 is 0 Å². The Morgan fingerprint density at radius 2 is 1.84 bits per heavy atom. The minimum atomic E-state index is -3.99. The topological polar surface area (TPSA) is 127 Å². The molecule has 0 saturated carbocycles. The minimum Gasteiger partial charge on any atom is -0.322 e. The van der Waals surface area contributed by atoms with Gasteiger partial charge in [0.25, 0.3) is 0 Å². The number of likely N-dealkylation sites (N-methyl/N-ethyl adjacent to an activating group) is 1. The molecule has 162 valence electrons. The minimum absolute atomic E-state index is 0.0739. The van der Waals surface area contributed by atoms with Gasteiger partial charge in [-0.2, -0.15) is 8.99 Å². The zero-order chi connectivity index (χ0) is 22.8. The van der Waals surface area contributed by atoms with Crippen molar-refractivity contribution in [1.29, 1.82) is 0 Å². The Morgan fingerprint density at radius 3 is 2.42 bits per heavy atom. The van der Waals surface area contributed by atoms with E-state index in [0.29, 0.717) is 17.1 Å². The largest absolute Gasteiger partial charge is 0.322 e. The van der Waals surface area contributed by atoms with Gasteiger partial charge in [-0.15, -0.1) is 5.10 Å². The zero-order valence-electron chi connectivity index (χ0n) is 16.9. The molecule has 0 atom stereocenters. The number of sulfonamides is 1. The average Bonchev–Trinajstić information content (AvgIpc) is 3.15. The Morgan fingerprint density at radius 1 is 1.16 bits per heavy atom. The number of nitrogens with one attached hydrogen (secondary N) is 1. The summed E-state index contributed by atoms with van der Waals surface area (Å²) in [4.78, 5) is 23.7. The number of ketones is 1. The van der Waals surface area contributed by atoms with Crippen molar-refractivity contribution in [2.45, 2.75) is 18.7 Å². The highest BCUT2D eigenvalue weighted by molar-refractivity contribution is 7.89. The van der Waals surface area contributed by atoms with E-state index in [1.54, 1.807) is 6.92 Å². The molecule has 1 N–H and O–H groups in total. The highest BCUT2D eigenvalue weighted by Crippen LogP contribution is 2.20. The van der Waals surface area contributed by atoms with Gasteiger partial charge in [-0.25, -0.2) is 12.8 Å². The van der Waals surface area contributed by atoms with E-state index in [9.17, 15) is 22.4 Å². The molecule has 0 fully saturated rings. The van der Waals surface area contributed by atoms with Crippen molar-refractivity contribution < 1.29 is 22.4 Å². The fourth-order valence-electron chi connectivity index (χ4n) is 2.73. The number of carbonyl (C=O) groups excluding carboxylic acids is 2. The Balaban J connectivity index is 1.74. The molecule has 3 rings (SSSR count). The maximum absolute atomic E-state index is 14.2. The molecule has 3 aromatic rings. The summed E-state index contributed by atoms with van der Waals surface area (Å²) in [7, 11) is -2.76. The number of tetrazole rings is 1. The van der Waals surface area contributed by atoms with Crippen LogP contribution in [0.4, 0.5) is 10.1 Å². The lowest BCUT2D eigenvalue weighted by Crippen LogP contribution is -2.35. The van der Waals surface area contributed by atoms with Gasteiger partial charge in [-0.3, -0.25) is 9.59 Å². The van der Waals surface area contributed by atoms with E-state index in [1.807, 2.05) is 0 Å². The summed E-state index contributed by atoms with van der Waals surface area (Å²) in [5.74, 6) is -1.17. The summed E-state index contributed by atoms with van der Waals surface area (Å²) < 4.78 is 41.7. The van der Waals surface area contributed by atoms with Gasteiger partial charge in [-0.1, -0.05) is 12.1 Å². The predicted octanol–water partition coefficient (Wildman–Crippen LogP) is 1.57.